The number of nitrogens with zero attached hydrogens (tertiary/aromatic N) is 5. The molecule has 8 heteroatoms. The van der Waals surface area contributed by atoms with Gasteiger partial charge in [0.15, 0.2) is 11.0 Å². The van der Waals surface area contributed by atoms with Gasteiger partial charge in [-0.25, -0.2) is 9.78 Å². The number of carbonyl (C=O) groups excluding carboxylic acids is 2. The molecule has 22 heavy (non-hydrogen) atoms. The molecule has 0 aliphatic rings. The van der Waals surface area contributed by atoms with Crippen molar-refractivity contribution in [3.8, 4) is 0 Å². The lowest BCUT2D eigenvalue weighted by Gasteiger charge is -2.11. The summed E-state index contributed by atoms with van der Waals surface area (Å²) in [5, 5.41) is 4.88. The summed E-state index contributed by atoms with van der Waals surface area (Å²) < 4.78 is 1.33. The lowest BCUT2D eigenvalue weighted by Crippen LogP contribution is -2.29. The summed E-state index contributed by atoms with van der Waals surface area (Å²) in [5.41, 5.74) is 0. The Kier molecular flexibility index (Phi) is 6.86. The third-order valence-corrected chi connectivity index (χ3v) is 4.19. The first-order valence-corrected chi connectivity index (χ1v) is 8.28. The molecular weight excluding hydrogens is 302 g/mol. The van der Waals surface area contributed by atoms with E-state index in [1.807, 2.05) is 6.92 Å². The largest absolute Gasteiger partial charge is 0.349 e. The standard InChI is InChI=1S/C14H25N5O2S/c1-7-10(2)12-15-13(19(16-12)14(21)18(5)6)22-9-8-11(20)17(3)4/h10H,7-9H2,1-6H3. The zero-order chi connectivity index (χ0) is 16.9. The molecule has 1 rings (SSSR count). The van der Waals surface area contributed by atoms with Crippen LogP contribution in [0.3, 0.4) is 0 Å². The molecule has 0 saturated heterocycles. The van der Waals surface area contributed by atoms with Gasteiger partial charge in [-0.3, -0.25) is 4.79 Å². The Morgan fingerprint density at radius 1 is 1.23 bits per heavy atom. The minimum Gasteiger partial charge on any atom is -0.349 e. The molecule has 0 fully saturated rings. The van der Waals surface area contributed by atoms with Crippen LogP contribution in [0, 0.1) is 0 Å². The molecule has 0 aliphatic heterocycles. The van der Waals surface area contributed by atoms with Crippen LogP contribution in [0.4, 0.5) is 4.79 Å². The minimum absolute atomic E-state index is 0.0552. The fourth-order valence-corrected chi connectivity index (χ4v) is 2.42. The van der Waals surface area contributed by atoms with Gasteiger partial charge in [0.05, 0.1) is 0 Å². The van der Waals surface area contributed by atoms with E-state index in [2.05, 4.69) is 17.0 Å². The van der Waals surface area contributed by atoms with Crippen LogP contribution >= 0.6 is 11.8 Å². The van der Waals surface area contributed by atoms with Gasteiger partial charge in [-0.05, 0) is 6.42 Å². The summed E-state index contributed by atoms with van der Waals surface area (Å²) in [6.07, 6.45) is 1.31. The molecule has 1 unspecified atom stereocenters. The van der Waals surface area contributed by atoms with E-state index in [0.29, 0.717) is 23.2 Å². The van der Waals surface area contributed by atoms with Crippen molar-refractivity contribution in [1.82, 2.24) is 24.6 Å². The van der Waals surface area contributed by atoms with Crippen molar-refractivity contribution in [2.24, 2.45) is 0 Å². The van der Waals surface area contributed by atoms with Crippen molar-refractivity contribution < 1.29 is 9.59 Å². The molecule has 0 bridgehead atoms. The maximum Gasteiger partial charge on any atom is 0.346 e. The van der Waals surface area contributed by atoms with E-state index in [1.54, 1.807) is 33.1 Å². The highest BCUT2D eigenvalue weighted by Crippen LogP contribution is 2.22. The molecule has 1 atom stereocenters. The summed E-state index contributed by atoms with van der Waals surface area (Å²) in [6, 6.07) is -0.233. The summed E-state index contributed by atoms with van der Waals surface area (Å²) in [4.78, 5) is 31.3. The van der Waals surface area contributed by atoms with Crippen molar-refractivity contribution >= 4 is 23.7 Å². The molecule has 0 spiro atoms. The number of rotatable bonds is 6. The smallest absolute Gasteiger partial charge is 0.346 e. The van der Waals surface area contributed by atoms with Crippen LogP contribution in [0.15, 0.2) is 5.16 Å². The van der Waals surface area contributed by atoms with Crippen molar-refractivity contribution in [3.05, 3.63) is 5.82 Å². The van der Waals surface area contributed by atoms with E-state index in [1.165, 1.54) is 21.3 Å². The Morgan fingerprint density at radius 3 is 2.36 bits per heavy atom. The number of hydrogen-bond acceptors (Lipinski definition) is 5. The Balaban J connectivity index is 2.88. The van der Waals surface area contributed by atoms with E-state index in [0.717, 1.165) is 6.42 Å². The molecule has 124 valence electrons. The first-order chi connectivity index (χ1) is 10.3. The maximum absolute atomic E-state index is 12.2. The highest BCUT2D eigenvalue weighted by atomic mass is 32.2. The molecule has 0 radical (unpaired) electrons. The monoisotopic (exact) mass is 327 g/mol. The summed E-state index contributed by atoms with van der Waals surface area (Å²) in [7, 11) is 6.81. The lowest BCUT2D eigenvalue weighted by molar-refractivity contribution is -0.128. The highest BCUT2D eigenvalue weighted by Gasteiger charge is 2.20. The van der Waals surface area contributed by atoms with Gasteiger partial charge in [-0.1, -0.05) is 25.6 Å². The number of carbonyl (C=O) groups is 2. The van der Waals surface area contributed by atoms with Crippen LogP contribution in [-0.2, 0) is 4.79 Å². The summed E-state index contributed by atoms with van der Waals surface area (Å²) in [6.45, 7) is 4.09. The number of aromatic nitrogens is 3. The SMILES string of the molecule is CCC(C)c1nc(SCCC(=O)N(C)C)n(C(=O)N(C)C)n1. The van der Waals surface area contributed by atoms with Crippen LogP contribution in [0.25, 0.3) is 0 Å². The quantitative estimate of drug-likeness (QED) is 0.746. The Labute approximate surface area is 136 Å². The minimum atomic E-state index is -0.233. The van der Waals surface area contributed by atoms with Crippen molar-refractivity contribution in [3.63, 3.8) is 0 Å². The first kappa shape index (κ1) is 18.5. The maximum atomic E-state index is 12.2. The van der Waals surface area contributed by atoms with Crippen molar-refractivity contribution in [2.45, 2.75) is 37.8 Å². The van der Waals surface area contributed by atoms with Gasteiger partial charge in [0, 0.05) is 46.3 Å². The van der Waals surface area contributed by atoms with Crippen LogP contribution < -0.4 is 0 Å². The van der Waals surface area contributed by atoms with E-state index in [4.69, 9.17) is 0 Å². The average Bonchev–Trinajstić information content (AvgIpc) is 2.89. The van der Waals surface area contributed by atoms with Crippen molar-refractivity contribution in [1.29, 1.82) is 0 Å². The molecule has 0 saturated carbocycles. The van der Waals surface area contributed by atoms with Gasteiger partial charge in [-0.15, -0.1) is 5.10 Å². The fourth-order valence-electron chi connectivity index (χ4n) is 1.56. The first-order valence-electron chi connectivity index (χ1n) is 7.29. The topological polar surface area (TPSA) is 71.3 Å². The van der Waals surface area contributed by atoms with E-state index in [-0.39, 0.29) is 17.9 Å². The van der Waals surface area contributed by atoms with Crippen LogP contribution in [-0.4, -0.2) is 70.4 Å². The fraction of sp³-hybridized carbons (Fsp3) is 0.714. The summed E-state index contributed by atoms with van der Waals surface area (Å²) in [5.74, 6) is 1.48. The van der Waals surface area contributed by atoms with E-state index < -0.39 is 0 Å². The van der Waals surface area contributed by atoms with Gasteiger partial charge < -0.3 is 9.80 Å². The lowest BCUT2D eigenvalue weighted by atomic mass is 10.1. The Hall–Kier alpha value is -1.57. The van der Waals surface area contributed by atoms with Crippen LogP contribution in [0.2, 0.25) is 0 Å². The molecule has 1 heterocycles. The van der Waals surface area contributed by atoms with Crippen molar-refractivity contribution in [2.75, 3.05) is 33.9 Å². The highest BCUT2D eigenvalue weighted by molar-refractivity contribution is 7.99. The molecule has 1 aromatic rings. The third-order valence-electron chi connectivity index (χ3n) is 3.26. The summed E-state index contributed by atoms with van der Waals surface area (Å²) >= 11 is 1.38. The Morgan fingerprint density at radius 2 is 1.86 bits per heavy atom. The second-order valence-electron chi connectivity index (χ2n) is 5.54. The average molecular weight is 327 g/mol. The second-order valence-corrected chi connectivity index (χ2v) is 6.60. The number of thioether (sulfide) groups is 1. The normalized spacial score (nSPS) is 12.1. The molecule has 7 nitrogen and oxygen atoms in total. The number of hydrogen-bond donors (Lipinski definition) is 0. The van der Waals surface area contributed by atoms with Gasteiger partial charge in [0.2, 0.25) is 5.91 Å². The molecular formula is C14H25N5O2S. The Bertz CT molecular complexity index is 527. The zero-order valence-electron chi connectivity index (χ0n) is 14.2. The van der Waals surface area contributed by atoms with Gasteiger partial charge >= 0.3 is 6.03 Å². The van der Waals surface area contributed by atoms with Crippen LogP contribution in [0.5, 0.6) is 0 Å². The molecule has 1 aromatic heterocycles. The predicted octanol–water partition coefficient (Wildman–Crippen LogP) is 1.89. The third kappa shape index (κ3) is 4.72. The van der Waals surface area contributed by atoms with Crippen LogP contribution in [0.1, 0.15) is 38.4 Å². The molecule has 0 N–H and O–H groups in total. The van der Waals surface area contributed by atoms with E-state index in [9.17, 15) is 9.59 Å². The predicted molar refractivity (Wildman–Crippen MR) is 87.2 cm³/mol. The second kappa shape index (κ2) is 8.17. The van der Waals surface area contributed by atoms with Gasteiger partial charge in [-0.2, -0.15) is 4.68 Å². The molecule has 0 aromatic carbocycles. The molecule has 0 aliphatic carbocycles. The molecule has 2 amide bonds. The van der Waals surface area contributed by atoms with Gasteiger partial charge in [0.1, 0.15) is 0 Å². The van der Waals surface area contributed by atoms with Gasteiger partial charge in [0.25, 0.3) is 0 Å². The number of amides is 2. The van der Waals surface area contributed by atoms with E-state index >= 15 is 0 Å². The zero-order valence-corrected chi connectivity index (χ0v) is 15.0.